The third-order valence-electron chi connectivity index (χ3n) is 2.06. The van der Waals surface area contributed by atoms with Crippen LogP contribution in [0.2, 0.25) is 39.3 Å². The largest absolute Gasteiger partial charge is 0.547 e. The summed E-state index contributed by atoms with van der Waals surface area (Å²) in [5, 5.41) is 0. The van der Waals surface area contributed by atoms with E-state index in [0.29, 0.717) is 5.76 Å². The molecule has 0 saturated heterocycles. The highest BCUT2D eigenvalue weighted by atomic mass is 28.4. The van der Waals surface area contributed by atoms with E-state index < -0.39 is 16.6 Å². The Morgan fingerprint density at radius 3 is 1.89 bits per heavy atom. The van der Waals surface area contributed by atoms with Crippen LogP contribution in [-0.2, 0) is 8.85 Å². The number of halogens is 1. The third-order valence-corrected chi connectivity index (χ3v) is 3.72. The average molecular weight is 299 g/mol. The van der Waals surface area contributed by atoms with Crippen molar-refractivity contribution in [3.05, 3.63) is 41.9 Å². The van der Waals surface area contributed by atoms with Gasteiger partial charge in [-0.2, -0.15) is 0 Å². The molecule has 0 fully saturated rings. The van der Waals surface area contributed by atoms with Crippen LogP contribution in [0, 0.1) is 5.82 Å². The summed E-state index contributed by atoms with van der Waals surface area (Å²) < 4.78 is 24.8. The lowest BCUT2D eigenvalue weighted by Crippen LogP contribution is -2.26. The standard InChI is InChI=1S/C14H23FO2Si2/c1-18(2,3)16-11-14(17-19(4,5)6)12-7-9-13(15)10-8-12/h7-11H,1-6H3/b14-11-. The van der Waals surface area contributed by atoms with E-state index in [0.717, 1.165) is 5.56 Å². The number of hydrogen-bond acceptors (Lipinski definition) is 2. The number of benzene rings is 1. The molecule has 0 unspecified atom stereocenters. The molecule has 1 aromatic carbocycles. The summed E-state index contributed by atoms with van der Waals surface area (Å²) >= 11 is 0. The van der Waals surface area contributed by atoms with E-state index in [9.17, 15) is 4.39 Å². The van der Waals surface area contributed by atoms with E-state index >= 15 is 0 Å². The average Bonchev–Trinajstić information content (AvgIpc) is 2.23. The molecule has 0 radical (unpaired) electrons. The van der Waals surface area contributed by atoms with Crippen molar-refractivity contribution < 1.29 is 13.2 Å². The molecular weight excluding hydrogens is 275 g/mol. The van der Waals surface area contributed by atoms with Crippen molar-refractivity contribution in [2.75, 3.05) is 0 Å². The summed E-state index contributed by atoms with van der Waals surface area (Å²) in [6.07, 6.45) is 1.69. The molecule has 5 heteroatoms. The van der Waals surface area contributed by atoms with E-state index in [2.05, 4.69) is 39.3 Å². The summed E-state index contributed by atoms with van der Waals surface area (Å²) in [5.41, 5.74) is 0.849. The number of rotatable bonds is 5. The highest BCUT2D eigenvalue weighted by Gasteiger charge is 2.20. The normalized spacial score (nSPS) is 13.3. The fraction of sp³-hybridized carbons (Fsp3) is 0.429. The summed E-state index contributed by atoms with van der Waals surface area (Å²) in [4.78, 5) is 0. The molecule has 0 aromatic heterocycles. The molecular formula is C14H23FO2Si2. The molecule has 1 rings (SSSR count). The van der Waals surface area contributed by atoms with Crippen molar-refractivity contribution in [1.82, 2.24) is 0 Å². The molecule has 0 N–H and O–H groups in total. The van der Waals surface area contributed by atoms with Crippen molar-refractivity contribution >= 4 is 22.4 Å². The van der Waals surface area contributed by atoms with Crippen LogP contribution in [-0.4, -0.2) is 16.6 Å². The van der Waals surface area contributed by atoms with Gasteiger partial charge in [-0.15, -0.1) is 0 Å². The molecule has 0 atom stereocenters. The molecule has 0 bridgehead atoms. The smallest absolute Gasteiger partial charge is 0.242 e. The molecule has 1 aromatic rings. The van der Waals surface area contributed by atoms with Gasteiger partial charge in [-0.25, -0.2) is 4.39 Å². The van der Waals surface area contributed by atoms with Gasteiger partial charge >= 0.3 is 0 Å². The van der Waals surface area contributed by atoms with Gasteiger partial charge in [-0.1, -0.05) is 0 Å². The van der Waals surface area contributed by atoms with Gasteiger partial charge < -0.3 is 8.85 Å². The summed E-state index contributed by atoms with van der Waals surface area (Å²) in [6.45, 7) is 12.7. The highest BCUT2D eigenvalue weighted by molar-refractivity contribution is 6.71. The quantitative estimate of drug-likeness (QED) is 0.573. The maximum absolute atomic E-state index is 13.0. The second-order valence-electron chi connectivity index (χ2n) is 6.43. The lowest BCUT2D eigenvalue weighted by molar-refractivity contribution is 0.440. The molecule has 0 aliphatic heterocycles. The van der Waals surface area contributed by atoms with Crippen LogP contribution in [0.5, 0.6) is 0 Å². The SMILES string of the molecule is C[Si](C)(C)O/C=C(\O[Si](C)(C)C)c1ccc(F)cc1. The molecule has 0 spiro atoms. The third kappa shape index (κ3) is 6.59. The molecule has 0 aliphatic rings. The Kier molecular flexibility index (Phi) is 4.98. The van der Waals surface area contributed by atoms with E-state index in [-0.39, 0.29) is 5.82 Å². The second-order valence-corrected chi connectivity index (χ2v) is 15.3. The van der Waals surface area contributed by atoms with E-state index in [4.69, 9.17) is 8.85 Å². The van der Waals surface area contributed by atoms with Crippen LogP contribution in [0.1, 0.15) is 5.56 Å². The van der Waals surface area contributed by atoms with E-state index in [1.165, 1.54) is 12.1 Å². The van der Waals surface area contributed by atoms with Crippen molar-refractivity contribution in [3.63, 3.8) is 0 Å². The molecule has 19 heavy (non-hydrogen) atoms. The highest BCUT2D eigenvalue weighted by Crippen LogP contribution is 2.22. The molecule has 2 nitrogen and oxygen atoms in total. The minimum Gasteiger partial charge on any atom is -0.547 e. The molecule has 0 amide bonds. The lowest BCUT2D eigenvalue weighted by atomic mass is 10.2. The van der Waals surface area contributed by atoms with Crippen LogP contribution in [0.25, 0.3) is 5.76 Å². The van der Waals surface area contributed by atoms with Gasteiger partial charge in [0.2, 0.25) is 16.6 Å². The Hall–Kier alpha value is -1.08. The van der Waals surface area contributed by atoms with E-state index in [1.54, 1.807) is 18.4 Å². The summed E-state index contributed by atoms with van der Waals surface area (Å²) in [6, 6.07) is 6.31. The first-order valence-electron chi connectivity index (χ1n) is 6.40. The fourth-order valence-corrected chi connectivity index (χ4v) is 2.61. The first-order chi connectivity index (χ1) is 8.57. The fourth-order valence-electron chi connectivity index (χ4n) is 1.33. The van der Waals surface area contributed by atoms with Crippen LogP contribution in [0.4, 0.5) is 4.39 Å². The Morgan fingerprint density at radius 1 is 0.947 bits per heavy atom. The van der Waals surface area contributed by atoms with Gasteiger partial charge in [0.05, 0.1) is 0 Å². The zero-order valence-electron chi connectivity index (χ0n) is 12.6. The first-order valence-corrected chi connectivity index (χ1v) is 13.2. The van der Waals surface area contributed by atoms with Crippen LogP contribution < -0.4 is 0 Å². The minimum absolute atomic E-state index is 0.248. The zero-order chi connectivity index (χ0) is 14.7. The predicted octanol–water partition coefficient (Wildman–Crippen LogP) is 4.83. The Bertz CT molecular complexity index is 442. The van der Waals surface area contributed by atoms with Gasteiger partial charge in [0.25, 0.3) is 0 Å². The Balaban J connectivity index is 3.02. The van der Waals surface area contributed by atoms with Gasteiger partial charge in [-0.05, 0) is 63.5 Å². The molecule has 0 saturated carbocycles. The van der Waals surface area contributed by atoms with Crippen molar-refractivity contribution in [2.45, 2.75) is 39.3 Å². The Morgan fingerprint density at radius 2 is 1.47 bits per heavy atom. The monoisotopic (exact) mass is 298 g/mol. The summed E-state index contributed by atoms with van der Waals surface area (Å²) in [7, 11) is -3.39. The van der Waals surface area contributed by atoms with E-state index in [1.807, 2.05) is 0 Å². The maximum Gasteiger partial charge on any atom is 0.242 e. The topological polar surface area (TPSA) is 18.5 Å². The Labute approximate surface area is 117 Å². The number of hydrogen-bond donors (Lipinski definition) is 0. The van der Waals surface area contributed by atoms with Crippen LogP contribution in [0.3, 0.4) is 0 Å². The predicted molar refractivity (Wildman–Crippen MR) is 83.2 cm³/mol. The van der Waals surface area contributed by atoms with Gasteiger partial charge in [-0.3, -0.25) is 0 Å². The van der Waals surface area contributed by atoms with Gasteiger partial charge in [0.15, 0.2) is 0 Å². The molecule has 106 valence electrons. The van der Waals surface area contributed by atoms with Gasteiger partial charge in [0.1, 0.15) is 17.8 Å². The van der Waals surface area contributed by atoms with Crippen LogP contribution in [0.15, 0.2) is 30.5 Å². The first kappa shape index (κ1) is 16.0. The van der Waals surface area contributed by atoms with Crippen molar-refractivity contribution in [3.8, 4) is 0 Å². The maximum atomic E-state index is 13.0. The minimum atomic E-state index is -1.74. The molecule has 0 heterocycles. The lowest BCUT2D eigenvalue weighted by Gasteiger charge is -2.24. The van der Waals surface area contributed by atoms with Gasteiger partial charge in [0, 0.05) is 5.56 Å². The zero-order valence-corrected chi connectivity index (χ0v) is 14.6. The van der Waals surface area contributed by atoms with Crippen molar-refractivity contribution in [1.29, 1.82) is 0 Å². The van der Waals surface area contributed by atoms with Crippen LogP contribution >= 0.6 is 0 Å². The molecule has 0 aliphatic carbocycles. The van der Waals surface area contributed by atoms with Crippen molar-refractivity contribution in [2.24, 2.45) is 0 Å². The summed E-state index contributed by atoms with van der Waals surface area (Å²) in [5.74, 6) is 0.448. The second kappa shape index (κ2) is 5.92.